The summed E-state index contributed by atoms with van der Waals surface area (Å²) < 4.78 is 4.97. The minimum absolute atomic E-state index is 0.149. The van der Waals surface area contributed by atoms with E-state index in [1.807, 2.05) is 0 Å². The molecule has 0 atom stereocenters. The van der Waals surface area contributed by atoms with Gasteiger partial charge in [-0.15, -0.1) is 0 Å². The number of nitrogens with one attached hydrogen (secondary N) is 1. The quantitative estimate of drug-likeness (QED) is 0.748. The fourth-order valence-corrected chi connectivity index (χ4v) is 1.97. The highest BCUT2D eigenvalue weighted by atomic mass is 16.5. The van der Waals surface area contributed by atoms with Crippen LogP contribution in [0.15, 0.2) is 28.8 Å². The smallest absolute Gasteiger partial charge is 0.335 e. The maximum atomic E-state index is 11.8. The summed E-state index contributed by atoms with van der Waals surface area (Å²) in [6.45, 7) is 2.25. The molecule has 7 heteroatoms. The van der Waals surface area contributed by atoms with Crippen LogP contribution in [0.2, 0.25) is 0 Å². The number of carboxylic acids is 1. The normalized spacial score (nSPS) is 10.4. The molecule has 0 aliphatic heterocycles. The van der Waals surface area contributed by atoms with Crippen molar-refractivity contribution in [1.82, 2.24) is 15.5 Å². The number of carbonyl (C=O) groups is 2. The lowest BCUT2D eigenvalue weighted by molar-refractivity contribution is -0.120. The lowest BCUT2D eigenvalue weighted by Gasteiger charge is -2.05. The third kappa shape index (κ3) is 4.69. The zero-order valence-corrected chi connectivity index (χ0v) is 12.2. The van der Waals surface area contributed by atoms with Gasteiger partial charge in [-0.05, 0) is 31.0 Å². The number of amides is 1. The monoisotopic (exact) mass is 303 g/mol. The number of aromatic carboxylic acids is 1. The Balaban J connectivity index is 1.73. The maximum Gasteiger partial charge on any atom is 0.335 e. The third-order valence-corrected chi connectivity index (χ3v) is 3.00. The Morgan fingerprint density at radius 1 is 1.36 bits per heavy atom. The highest BCUT2D eigenvalue weighted by molar-refractivity contribution is 5.88. The summed E-state index contributed by atoms with van der Waals surface area (Å²) in [5.41, 5.74) is 0.849. The summed E-state index contributed by atoms with van der Waals surface area (Å²) in [6, 6.07) is 6.36. The van der Waals surface area contributed by atoms with Gasteiger partial charge in [-0.3, -0.25) is 4.79 Å². The van der Waals surface area contributed by atoms with Crippen LogP contribution in [-0.2, 0) is 17.6 Å². The van der Waals surface area contributed by atoms with E-state index in [0.717, 1.165) is 0 Å². The second-order valence-electron chi connectivity index (χ2n) is 4.87. The summed E-state index contributed by atoms with van der Waals surface area (Å²) >= 11 is 0. The van der Waals surface area contributed by atoms with Crippen molar-refractivity contribution in [2.24, 2.45) is 0 Å². The molecule has 116 valence electrons. The topological polar surface area (TPSA) is 105 Å². The first-order valence-electron chi connectivity index (χ1n) is 6.92. The van der Waals surface area contributed by atoms with Crippen LogP contribution >= 0.6 is 0 Å². The van der Waals surface area contributed by atoms with Crippen molar-refractivity contribution >= 4 is 11.9 Å². The van der Waals surface area contributed by atoms with Crippen LogP contribution in [0.3, 0.4) is 0 Å². The van der Waals surface area contributed by atoms with Gasteiger partial charge in [0.15, 0.2) is 5.82 Å². The first-order chi connectivity index (χ1) is 10.5. The highest BCUT2D eigenvalue weighted by Gasteiger charge is 2.07. The van der Waals surface area contributed by atoms with E-state index in [1.165, 1.54) is 12.1 Å². The number of aryl methyl sites for hydroxylation is 2. The SMILES string of the molecule is Cc1noc(CCCNC(=O)Cc2cccc(C(=O)O)c2)n1. The molecule has 1 heterocycles. The largest absolute Gasteiger partial charge is 0.478 e. The molecule has 1 amide bonds. The Hall–Kier alpha value is -2.70. The predicted octanol–water partition coefficient (Wildman–Crippen LogP) is 1.37. The van der Waals surface area contributed by atoms with Crippen molar-refractivity contribution in [2.45, 2.75) is 26.2 Å². The van der Waals surface area contributed by atoms with Gasteiger partial charge in [-0.1, -0.05) is 17.3 Å². The third-order valence-electron chi connectivity index (χ3n) is 3.00. The Morgan fingerprint density at radius 2 is 2.18 bits per heavy atom. The molecule has 2 rings (SSSR count). The van der Waals surface area contributed by atoms with E-state index in [4.69, 9.17) is 9.63 Å². The van der Waals surface area contributed by atoms with Crippen LogP contribution in [0.1, 0.15) is 34.1 Å². The summed E-state index contributed by atoms with van der Waals surface area (Å²) in [5.74, 6) is -0.000358. The molecule has 1 aromatic carbocycles. The number of carbonyl (C=O) groups excluding carboxylic acids is 1. The van der Waals surface area contributed by atoms with Crippen molar-refractivity contribution < 1.29 is 19.2 Å². The van der Waals surface area contributed by atoms with Crippen molar-refractivity contribution in [3.05, 3.63) is 47.1 Å². The van der Waals surface area contributed by atoms with E-state index in [0.29, 0.717) is 36.7 Å². The molecule has 2 N–H and O–H groups in total. The van der Waals surface area contributed by atoms with E-state index in [9.17, 15) is 9.59 Å². The van der Waals surface area contributed by atoms with Crippen LogP contribution in [0.4, 0.5) is 0 Å². The Labute approximate surface area is 127 Å². The van der Waals surface area contributed by atoms with Gasteiger partial charge in [0.05, 0.1) is 12.0 Å². The van der Waals surface area contributed by atoms with Gasteiger partial charge in [-0.25, -0.2) is 4.79 Å². The molecule has 22 heavy (non-hydrogen) atoms. The Morgan fingerprint density at radius 3 is 2.86 bits per heavy atom. The first kappa shape index (κ1) is 15.7. The molecule has 0 aliphatic rings. The van der Waals surface area contributed by atoms with Crippen LogP contribution < -0.4 is 5.32 Å². The molecule has 0 saturated heterocycles. The second kappa shape index (κ2) is 7.35. The summed E-state index contributed by atoms with van der Waals surface area (Å²) in [7, 11) is 0. The molecular weight excluding hydrogens is 286 g/mol. The minimum atomic E-state index is -1.00. The molecule has 2 aromatic rings. The van der Waals surface area contributed by atoms with E-state index < -0.39 is 5.97 Å². The standard InChI is InChI=1S/C15H17N3O4/c1-10-17-14(22-18-10)6-3-7-16-13(19)9-11-4-2-5-12(8-11)15(20)21/h2,4-5,8H,3,6-7,9H2,1H3,(H,16,19)(H,20,21). The zero-order valence-electron chi connectivity index (χ0n) is 12.2. The van der Waals surface area contributed by atoms with Crippen LogP contribution in [0.25, 0.3) is 0 Å². The number of aromatic nitrogens is 2. The van der Waals surface area contributed by atoms with Gasteiger partial charge in [0.25, 0.3) is 0 Å². The molecule has 0 spiro atoms. The van der Waals surface area contributed by atoms with E-state index in [2.05, 4.69) is 15.5 Å². The van der Waals surface area contributed by atoms with E-state index >= 15 is 0 Å². The van der Waals surface area contributed by atoms with Crippen LogP contribution in [0.5, 0.6) is 0 Å². The fourth-order valence-electron chi connectivity index (χ4n) is 1.97. The second-order valence-corrected chi connectivity index (χ2v) is 4.87. The van der Waals surface area contributed by atoms with E-state index in [-0.39, 0.29) is 17.9 Å². The Bertz CT molecular complexity index is 666. The zero-order chi connectivity index (χ0) is 15.9. The van der Waals surface area contributed by atoms with Crippen LogP contribution in [-0.4, -0.2) is 33.7 Å². The molecule has 1 aromatic heterocycles. The lowest BCUT2D eigenvalue weighted by Crippen LogP contribution is -2.26. The maximum absolute atomic E-state index is 11.8. The number of hydrogen-bond donors (Lipinski definition) is 2. The average molecular weight is 303 g/mol. The van der Waals surface area contributed by atoms with Gasteiger partial charge in [0, 0.05) is 13.0 Å². The molecule has 0 unspecified atom stereocenters. The average Bonchev–Trinajstić information content (AvgIpc) is 2.89. The van der Waals surface area contributed by atoms with Crippen LogP contribution in [0, 0.1) is 6.92 Å². The number of rotatable bonds is 7. The minimum Gasteiger partial charge on any atom is -0.478 e. The molecule has 0 fully saturated rings. The predicted molar refractivity (Wildman–Crippen MR) is 77.5 cm³/mol. The van der Waals surface area contributed by atoms with Crippen molar-refractivity contribution in [3.63, 3.8) is 0 Å². The molecule has 7 nitrogen and oxygen atoms in total. The van der Waals surface area contributed by atoms with Crippen molar-refractivity contribution in [1.29, 1.82) is 0 Å². The summed E-state index contributed by atoms with van der Waals surface area (Å²) in [6.07, 6.45) is 1.46. The van der Waals surface area contributed by atoms with Crippen molar-refractivity contribution in [2.75, 3.05) is 6.54 Å². The van der Waals surface area contributed by atoms with Gasteiger partial charge < -0.3 is 14.9 Å². The lowest BCUT2D eigenvalue weighted by atomic mass is 10.1. The van der Waals surface area contributed by atoms with Gasteiger partial charge >= 0.3 is 5.97 Å². The number of hydrogen-bond acceptors (Lipinski definition) is 5. The molecular formula is C15H17N3O4. The van der Waals surface area contributed by atoms with Gasteiger partial charge in [0.1, 0.15) is 0 Å². The molecule has 0 bridgehead atoms. The number of benzene rings is 1. The van der Waals surface area contributed by atoms with Gasteiger partial charge in [-0.2, -0.15) is 4.98 Å². The summed E-state index contributed by atoms with van der Waals surface area (Å²) in [5, 5.41) is 15.4. The molecule has 0 saturated carbocycles. The Kier molecular flexibility index (Phi) is 5.24. The number of nitrogens with zero attached hydrogens (tertiary/aromatic N) is 2. The van der Waals surface area contributed by atoms with Crippen molar-refractivity contribution in [3.8, 4) is 0 Å². The number of carboxylic acid groups (broad SMARTS) is 1. The molecule has 0 radical (unpaired) electrons. The molecule has 0 aliphatic carbocycles. The highest BCUT2D eigenvalue weighted by Crippen LogP contribution is 2.06. The van der Waals surface area contributed by atoms with Gasteiger partial charge in [0.2, 0.25) is 11.8 Å². The summed E-state index contributed by atoms with van der Waals surface area (Å²) in [4.78, 5) is 26.7. The fraction of sp³-hybridized carbons (Fsp3) is 0.333. The first-order valence-corrected chi connectivity index (χ1v) is 6.92. The van der Waals surface area contributed by atoms with E-state index in [1.54, 1.807) is 19.1 Å².